The van der Waals surface area contributed by atoms with E-state index < -0.39 is 5.97 Å². The summed E-state index contributed by atoms with van der Waals surface area (Å²) in [5.74, 6) is -1.29. The van der Waals surface area contributed by atoms with Gasteiger partial charge in [0.2, 0.25) is 0 Å². The van der Waals surface area contributed by atoms with Crippen LogP contribution in [-0.2, 0) is 0 Å². The molecule has 1 aliphatic carbocycles. The van der Waals surface area contributed by atoms with Gasteiger partial charge in [0.25, 0.3) is 5.91 Å². The molecule has 5 nitrogen and oxygen atoms in total. The number of carboxylic acid groups (broad SMARTS) is 1. The number of nitrogens with two attached hydrogens (primary N) is 1. The summed E-state index contributed by atoms with van der Waals surface area (Å²) < 4.78 is 0. The highest BCUT2D eigenvalue weighted by atomic mass is 16.4. The van der Waals surface area contributed by atoms with Crippen molar-refractivity contribution < 1.29 is 14.7 Å². The van der Waals surface area contributed by atoms with Crippen LogP contribution in [0.2, 0.25) is 0 Å². The Labute approximate surface area is 92.3 Å². The molecule has 0 saturated heterocycles. The number of anilines is 1. The Kier molecular flexibility index (Phi) is 2.52. The van der Waals surface area contributed by atoms with Crippen LogP contribution in [0, 0.1) is 0 Å². The largest absolute Gasteiger partial charge is 0.478 e. The van der Waals surface area contributed by atoms with Gasteiger partial charge in [0.1, 0.15) is 0 Å². The summed E-state index contributed by atoms with van der Waals surface area (Å²) in [7, 11) is 0. The number of amides is 1. The Bertz CT molecular complexity index is 453. The molecule has 1 fully saturated rings. The lowest BCUT2D eigenvalue weighted by atomic mass is 10.1. The van der Waals surface area contributed by atoms with Gasteiger partial charge in [0, 0.05) is 17.3 Å². The Hall–Kier alpha value is -2.04. The number of nitrogens with one attached hydrogen (secondary N) is 1. The third kappa shape index (κ3) is 2.13. The molecule has 16 heavy (non-hydrogen) atoms. The van der Waals surface area contributed by atoms with E-state index in [0.29, 0.717) is 5.56 Å². The number of rotatable bonds is 3. The maximum absolute atomic E-state index is 11.6. The zero-order chi connectivity index (χ0) is 11.7. The maximum Gasteiger partial charge on any atom is 0.337 e. The zero-order valence-corrected chi connectivity index (χ0v) is 8.56. The van der Waals surface area contributed by atoms with Gasteiger partial charge < -0.3 is 16.2 Å². The van der Waals surface area contributed by atoms with E-state index in [4.69, 9.17) is 10.8 Å². The Morgan fingerprint density at radius 2 is 2.06 bits per heavy atom. The number of carbonyl (C=O) groups excluding carboxylic acids is 1. The van der Waals surface area contributed by atoms with Crippen molar-refractivity contribution in [3.8, 4) is 0 Å². The van der Waals surface area contributed by atoms with Crippen molar-refractivity contribution in [2.45, 2.75) is 18.9 Å². The molecule has 1 aliphatic rings. The average molecular weight is 220 g/mol. The number of hydrogen-bond acceptors (Lipinski definition) is 3. The Morgan fingerprint density at radius 1 is 1.38 bits per heavy atom. The van der Waals surface area contributed by atoms with Crippen molar-refractivity contribution in [1.82, 2.24) is 5.32 Å². The van der Waals surface area contributed by atoms with E-state index in [9.17, 15) is 9.59 Å². The molecule has 0 aliphatic heterocycles. The predicted octanol–water partition coefficient (Wildman–Crippen LogP) is 0.859. The highest BCUT2D eigenvalue weighted by Gasteiger charge is 2.24. The molecule has 1 amide bonds. The van der Waals surface area contributed by atoms with Crippen LogP contribution in [0.4, 0.5) is 5.69 Å². The second kappa shape index (κ2) is 3.84. The molecule has 0 aromatic heterocycles. The van der Waals surface area contributed by atoms with Gasteiger partial charge in [0.05, 0.1) is 5.56 Å². The van der Waals surface area contributed by atoms with Crippen LogP contribution in [0.5, 0.6) is 0 Å². The average Bonchev–Trinajstić information content (AvgIpc) is 3.00. The van der Waals surface area contributed by atoms with E-state index in [1.54, 1.807) is 0 Å². The van der Waals surface area contributed by atoms with Gasteiger partial charge in [-0.25, -0.2) is 4.79 Å². The van der Waals surface area contributed by atoms with Crippen LogP contribution in [0.3, 0.4) is 0 Å². The summed E-state index contributed by atoms with van der Waals surface area (Å²) in [6.45, 7) is 0. The van der Waals surface area contributed by atoms with Crippen molar-refractivity contribution in [2.24, 2.45) is 0 Å². The lowest BCUT2D eigenvalue weighted by molar-refractivity contribution is 0.0697. The van der Waals surface area contributed by atoms with E-state index in [0.717, 1.165) is 12.8 Å². The molecule has 1 aromatic carbocycles. The second-order valence-corrected chi connectivity index (χ2v) is 3.85. The van der Waals surface area contributed by atoms with Gasteiger partial charge in [-0.15, -0.1) is 0 Å². The molecule has 4 N–H and O–H groups in total. The van der Waals surface area contributed by atoms with Crippen LogP contribution < -0.4 is 11.1 Å². The summed E-state index contributed by atoms with van der Waals surface area (Å²) >= 11 is 0. The van der Waals surface area contributed by atoms with Crippen molar-refractivity contribution in [1.29, 1.82) is 0 Å². The van der Waals surface area contributed by atoms with Crippen LogP contribution >= 0.6 is 0 Å². The van der Waals surface area contributed by atoms with Crippen molar-refractivity contribution in [3.63, 3.8) is 0 Å². The minimum absolute atomic E-state index is 0.0166. The van der Waals surface area contributed by atoms with Gasteiger partial charge in [-0.3, -0.25) is 4.79 Å². The quantitative estimate of drug-likeness (QED) is 0.658. The van der Waals surface area contributed by atoms with Gasteiger partial charge in [-0.05, 0) is 31.0 Å². The monoisotopic (exact) mass is 220 g/mol. The van der Waals surface area contributed by atoms with Gasteiger partial charge in [0.15, 0.2) is 0 Å². The summed E-state index contributed by atoms with van der Waals surface area (Å²) in [5, 5.41) is 11.6. The first-order valence-electron chi connectivity index (χ1n) is 5.01. The smallest absolute Gasteiger partial charge is 0.337 e. The highest BCUT2D eigenvalue weighted by molar-refractivity contribution is 5.99. The molecule has 0 atom stereocenters. The molecular formula is C11H12N2O3. The minimum atomic E-state index is -1.09. The van der Waals surface area contributed by atoms with Gasteiger partial charge in [-0.2, -0.15) is 0 Å². The molecule has 1 saturated carbocycles. The first kappa shape index (κ1) is 10.5. The third-order valence-electron chi connectivity index (χ3n) is 2.46. The number of benzene rings is 1. The Morgan fingerprint density at radius 3 is 2.56 bits per heavy atom. The Balaban J connectivity index is 2.19. The maximum atomic E-state index is 11.6. The fourth-order valence-corrected chi connectivity index (χ4v) is 1.40. The molecule has 1 aromatic rings. The lowest BCUT2D eigenvalue weighted by Gasteiger charge is -2.05. The number of hydrogen-bond donors (Lipinski definition) is 3. The molecule has 0 heterocycles. The standard InChI is InChI=1S/C11H12N2O3/c12-9-5-6(1-4-8(9)11(15)16)10(14)13-7-2-3-7/h1,4-5,7H,2-3,12H2,(H,13,14)(H,15,16). The highest BCUT2D eigenvalue weighted by Crippen LogP contribution is 2.20. The normalized spacial score (nSPS) is 14.5. The van der Waals surface area contributed by atoms with E-state index in [-0.39, 0.29) is 23.2 Å². The fourth-order valence-electron chi connectivity index (χ4n) is 1.40. The van der Waals surface area contributed by atoms with E-state index in [2.05, 4.69) is 5.32 Å². The number of nitrogen functional groups attached to an aromatic ring is 1. The van der Waals surface area contributed by atoms with Gasteiger partial charge in [-0.1, -0.05) is 0 Å². The number of carbonyl (C=O) groups is 2. The SMILES string of the molecule is Nc1cc(C(=O)NC2CC2)ccc1C(=O)O. The summed E-state index contributed by atoms with van der Waals surface area (Å²) in [6.07, 6.45) is 2.02. The predicted molar refractivity (Wildman–Crippen MR) is 58.3 cm³/mol. The number of aromatic carboxylic acids is 1. The topological polar surface area (TPSA) is 92.4 Å². The van der Waals surface area contributed by atoms with Crippen LogP contribution in [-0.4, -0.2) is 23.0 Å². The van der Waals surface area contributed by atoms with Crippen LogP contribution in [0.15, 0.2) is 18.2 Å². The van der Waals surface area contributed by atoms with Gasteiger partial charge >= 0.3 is 5.97 Å². The second-order valence-electron chi connectivity index (χ2n) is 3.85. The summed E-state index contributed by atoms with van der Waals surface area (Å²) in [6, 6.07) is 4.48. The van der Waals surface area contributed by atoms with E-state index in [1.165, 1.54) is 18.2 Å². The fraction of sp³-hybridized carbons (Fsp3) is 0.273. The summed E-state index contributed by atoms with van der Waals surface area (Å²) in [5.41, 5.74) is 6.07. The zero-order valence-electron chi connectivity index (χ0n) is 8.56. The number of carboxylic acids is 1. The van der Waals surface area contributed by atoms with Crippen molar-refractivity contribution in [2.75, 3.05) is 5.73 Å². The van der Waals surface area contributed by atoms with Crippen molar-refractivity contribution >= 4 is 17.6 Å². The third-order valence-corrected chi connectivity index (χ3v) is 2.46. The van der Waals surface area contributed by atoms with Crippen LogP contribution in [0.25, 0.3) is 0 Å². The first-order valence-corrected chi connectivity index (χ1v) is 5.01. The molecule has 0 spiro atoms. The summed E-state index contributed by atoms with van der Waals surface area (Å²) in [4.78, 5) is 22.3. The molecule has 5 heteroatoms. The molecule has 2 rings (SSSR count). The molecule has 0 bridgehead atoms. The molecule has 0 unspecified atom stereocenters. The first-order chi connectivity index (χ1) is 7.58. The van der Waals surface area contributed by atoms with Crippen LogP contribution in [0.1, 0.15) is 33.6 Å². The lowest BCUT2D eigenvalue weighted by Crippen LogP contribution is -2.25. The molecule has 84 valence electrons. The molecule has 0 radical (unpaired) electrons. The van der Waals surface area contributed by atoms with Crippen molar-refractivity contribution in [3.05, 3.63) is 29.3 Å². The van der Waals surface area contributed by atoms with E-state index in [1.807, 2.05) is 0 Å². The minimum Gasteiger partial charge on any atom is -0.478 e. The van der Waals surface area contributed by atoms with E-state index >= 15 is 0 Å². The molecular weight excluding hydrogens is 208 g/mol.